The summed E-state index contributed by atoms with van der Waals surface area (Å²) in [6, 6.07) is 29.7. The van der Waals surface area contributed by atoms with Crippen LogP contribution in [0.15, 0.2) is 91.0 Å². The Bertz CT molecular complexity index is 965. The van der Waals surface area contributed by atoms with E-state index in [4.69, 9.17) is 4.74 Å². The molecule has 0 bridgehead atoms. The number of hydrogen-bond acceptors (Lipinski definition) is 4. The van der Waals surface area contributed by atoms with Gasteiger partial charge >= 0.3 is 0 Å². The van der Waals surface area contributed by atoms with Crippen LogP contribution in [0, 0.1) is 0 Å². The smallest absolute Gasteiger partial charge is 0.119 e. The molecule has 172 valence electrons. The van der Waals surface area contributed by atoms with Crippen molar-refractivity contribution in [2.75, 3.05) is 57.8 Å². The molecule has 0 N–H and O–H groups in total. The van der Waals surface area contributed by atoms with E-state index in [0.717, 1.165) is 58.1 Å². The van der Waals surface area contributed by atoms with Gasteiger partial charge in [-0.05, 0) is 35.4 Å². The molecule has 0 amide bonds. The van der Waals surface area contributed by atoms with Crippen LogP contribution in [-0.4, -0.2) is 62.7 Å². The standard InChI is InChI=1S/C29H35N3O/c1-33-29-16-14-28(15-17-29)32(25-27-11-6-3-7-12-27)24-23-31-21-19-30(20-22-31)18-8-13-26-9-4-2-5-10-26/h2-17H,18-25H2,1H3. The SMILES string of the molecule is COc1ccc(N(CCN2CCN(CC=Cc3ccccc3)CC2)Cc2ccccc2)cc1. The van der Waals surface area contributed by atoms with E-state index in [-0.39, 0.29) is 0 Å². The second-order valence-electron chi connectivity index (χ2n) is 8.56. The minimum absolute atomic E-state index is 0.899. The summed E-state index contributed by atoms with van der Waals surface area (Å²) in [5.74, 6) is 0.899. The van der Waals surface area contributed by atoms with Crippen LogP contribution in [0.5, 0.6) is 5.75 Å². The number of ether oxygens (including phenoxy) is 1. The zero-order valence-corrected chi connectivity index (χ0v) is 19.6. The van der Waals surface area contributed by atoms with Gasteiger partial charge in [-0.15, -0.1) is 0 Å². The normalized spacial score (nSPS) is 15.1. The molecule has 4 heteroatoms. The first-order valence-electron chi connectivity index (χ1n) is 11.9. The Hall–Kier alpha value is -3.08. The fourth-order valence-electron chi connectivity index (χ4n) is 4.26. The van der Waals surface area contributed by atoms with Crippen LogP contribution in [0.3, 0.4) is 0 Å². The summed E-state index contributed by atoms with van der Waals surface area (Å²) in [4.78, 5) is 7.61. The van der Waals surface area contributed by atoms with E-state index in [1.165, 1.54) is 16.8 Å². The van der Waals surface area contributed by atoms with E-state index >= 15 is 0 Å². The summed E-state index contributed by atoms with van der Waals surface area (Å²) < 4.78 is 5.35. The van der Waals surface area contributed by atoms with Gasteiger partial charge in [0.25, 0.3) is 0 Å². The van der Waals surface area contributed by atoms with E-state index in [9.17, 15) is 0 Å². The minimum atomic E-state index is 0.899. The fourth-order valence-corrected chi connectivity index (χ4v) is 4.26. The molecule has 3 aromatic rings. The Morgan fingerprint density at radius 2 is 1.42 bits per heavy atom. The molecule has 0 atom stereocenters. The van der Waals surface area contributed by atoms with E-state index in [2.05, 4.69) is 112 Å². The summed E-state index contributed by atoms with van der Waals surface area (Å²) in [5, 5.41) is 0. The first kappa shape index (κ1) is 23.1. The predicted molar refractivity (Wildman–Crippen MR) is 139 cm³/mol. The fraction of sp³-hybridized carbons (Fsp3) is 0.310. The quantitative estimate of drug-likeness (QED) is 0.439. The first-order chi connectivity index (χ1) is 16.3. The first-order valence-corrected chi connectivity index (χ1v) is 11.9. The van der Waals surface area contributed by atoms with Crippen molar-refractivity contribution in [3.8, 4) is 5.75 Å². The monoisotopic (exact) mass is 441 g/mol. The molecule has 0 spiro atoms. The van der Waals surface area contributed by atoms with Gasteiger partial charge in [0.1, 0.15) is 5.75 Å². The van der Waals surface area contributed by atoms with Crippen LogP contribution in [0.1, 0.15) is 11.1 Å². The molecular formula is C29H35N3O. The average molecular weight is 442 g/mol. The van der Waals surface area contributed by atoms with Gasteiger partial charge in [0.15, 0.2) is 0 Å². The van der Waals surface area contributed by atoms with Gasteiger partial charge in [0.2, 0.25) is 0 Å². The lowest BCUT2D eigenvalue weighted by Crippen LogP contribution is -2.48. The highest BCUT2D eigenvalue weighted by Crippen LogP contribution is 2.21. The molecule has 1 saturated heterocycles. The third-order valence-electron chi connectivity index (χ3n) is 6.28. The van der Waals surface area contributed by atoms with Gasteiger partial charge in [-0.2, -0.15) is 0 Å². The van der Waals surface area contributed by atoms with Crippen LogP contribution in [0.25, 0.3) is 6.08 Å². The third-order valence-corrected chi connectivity index (χ3v) is 6.28. The third kappa shape index (κ3) is 7.21. The number of rotatable bonds is 10. The molecule has 1 aliphatic heterocycles. The minimum Gasteiger partial charge on any atom is -0.497 e. The number of methoxy groups -OCH3 is 1. The number of nitrogens with zero attached hydrogens (tertiary/aromatic N) is 3. The van der Waals surface area contributed by atoms with E-state index in [1.807, 2.05) is 0 Å². The highest BCUT2D eigenvalue weighted by atomic mass is 16.5. The van der Waals surface area contributed by atoms with Gasteiger partial charge in [-0.3, -0.25) is 9.80 Å². The van der Waals surface area contributed by atoms with Gasteiger partial charge in [-0.1, -0.05) is 72.8 Å². The number of hydrogen-bond donors (Lipinski definition) is 0. The zero-order chi connectivity index (χ0) is 22.7. The highest BCUT2D eigenvalue weighted by Gasteiger charge is 2.17. The molecule has 0 radical (unpaired) electrons. The lowest BCUT2D eigenvalue weighted by molar-refractivity contribution is 0.145. The summed E-state index contributed by atoms with van der Waals surface area (Å²) in [6.45, 7) is 8.52. The Morgan fingerprint density at radius 3 is 2.09 bits per heavy atom. The van der Waals surface area contributed by atoms with Crippen LogP contribution < -0.4 is 9.64 Å². The van der Waals surface area contributed by atoms with Crippen LogP contribution in [0.2, 0.25) is 0 Å². The predicted octanol–water partition coefficient (Wildman–Crippen LogP) is 5.03. The topological polar surface area (TPSA) is 19.0 Å². The summed E-state index contributed by atoms with van der Waals surface area (Å²) in [5.41, 5.74) is 3.85. The van der Waals surface area contributed by atoms with Crippen molar-refractivity contribution < 1.29 is 4.74 Å². The van der Waals surface area contributed by atoms with Crippen molar-refractivity contribution in [1.29, 1.82) is 0 Å². The maximum atomic E-state index is 5.35. The van der Waals surface area contributed by atoms with E-state index in [0.29, 0.717) is 0 Å². The van der Waals surface area contributed by atoms with Crippen molar-refractivity contribution in [3.05, 3.63) is 102 Å². The van der Waals surface area contributed by atoms with Gasteiger partial charge < -0.3 is 9.64 Å². The van der Waals surface area contributed by atoms with E-state index < -0.39 is 0 Å². The maximum Gasteiger partial charge on any atom is 0.119 e. The van der Waals surface area contributed by atoms with Gasteiger partial charge in [-0.25, -0.2) is 0 Å². The zero-order valence-electron chi connectivity index (χ0n) is 19.6. The molecule has 0 saturated carbocycles. The van der Waals surface area contributed by atoms with Crippen LogP contribution in [-0.2, 0) is 6.54 Å². The lowest BCUT2D eigenvalue weighted by atomic mass is 10.2. The van der Waals surface area contributed by atoms with Crippen molar-refractivity contribution >= 4 is 11.8 Å². The Morgan fingerprint density at radius 1 is 0.788 bits per heavy atom. The highest BCUT2D eigenvalue weighted by molar-refractivity contribution is 5.50. The molecule has 1 fully saturated rings. The Kier molecular flexibility index (Phi) is 8.56. The summed E-state index contributed by atoms with van der Waals surface area (Å²) in [6.07, 6.45) is 4.51. The Balaban J connectivity index is 1.28. The van der Waals surface area contributed by atoms with Crippen molar-refractivity contribution in [2.45, 2.75) is 6.54 Å². The maximum absolute atomic E-state index is 5.35. The molecule has 4 nitrogen and oxygen atoms in total. The molecule has 1 heterocycles. The summed E-state index contributed by atoms with van der Waals surface area (Å²) in [7, 11) is 1.72. The molecule has 3 aromatic carbocycles. The lowest BCUT2D eigenvalue weighted by Gasteiger charge is -2.36. The number of benzene rings is 3. The van der Waals surface area contributed by atoms with Gasteiger partial charge in [0.05, 0.1) is 7.11 Å². The van der Waals surface area contributed by atoms with Gasteiger partial charge in [0, 0.05) is 58.0 Å². The van der Waals surface area contributed by atoms with Crippen molar-refractivity contribution in [2.24, 2.45) is 0 Å². The Labute approximate surface area is 198 Å². The second-order valence-corrected chi connectivity index (χ2v) is 8.56. The van der Waals surface area contributed by atoms with E-state index in [1.54, 1.807) is 7.11 Å². The molecule has 1 aliphatic rings. The number of piperazine rings is 1. The second kappa shape index (κ2) is 12.2. The van der Waals surface area contributed by atoms with Crippen LogP contribution in [0.4, 0.5) is 5.69 Å². The molecule has 4 rings (SSSR count). The molecule has 0 aliphatic carbocycles. The number of anilines is 1. The van der Waals surface area contributed by atoms with Crippen LogP contribution >= 0.6 is 0 Å². The molecular weight excluding hydrogens is 406 g/mol. The largest absolute Gasteiger partial charge is 0.497 e. The molecule has 33 heavy (non-hydrogen) atoms. The van der Waals surface area contributed by atoms with Crippen molar-refractivity contribution in [3.63, 3.8) is 0 Å². The summed E-state index contributed by atoms with van der Waals surface area (Å²) >= 11 is 0. The molecule has 0 unspecified atom stereocenters. The molecule has 0 aromatic heterocycles. The van der Waals surface area contributed by atoms with Crippen molar-refractivity contribution in [1.82, 2.24) is 9.80 Å². The average Bonchev–Trinajstić information content (AvgIpc) is 2.89.